The molecule has 0 saturated heterocycles. The molecule has 0 radical (unpaired) electrons. The molecule has 0 unspecified atom stereocenters. The molecule has 0 heterocycles. The average Bonchev–Trinajstić information content (AvgIpc) is 2.51. The van der Waals surface area contributed by atoms with Gasteiger partial charge in [0, 0.05) is 4.47 Å². The number of para-hydroxylation sites is 1. The van der Waals surface area contributed by atoms with Gasteiger partial charge in [-0.05, 0) is 47.6 Å². The lowest BCUT2D eigenvalue weighted by molar-refractivity contribution is -0.125. The molecule has 6 heteroatoms. The molecule has 0 atom stereocenters. The van der Waals surface area contributed by atoms with Crippen molar-refractivity contribution < 1.29 is 9.59 Å². The molecule has 0 bridgehead atoms. The summed E-state index contributed by atoms with van der Waals surface area (Å²) in [6, 6.07) is 7.36. The van der Waals surface area contributed by atoms with Gasteiger partial charge < -0.3 is 10.6 Å². The molecule has 0 spiro atoms. The molecule has 122 valence electrons. The highest BCUT2D eigenvalue weighted by molar-refractivity contribution is 9.10. The number of unbranched alkanes of at least 4 members (excludes halogenated alkanes) is 1. The molecule has 0 aliphatic rings. The third-order valence-electron chi connectivity index (χ3n) is 3.24. The van der Waals surface area contributed by atoms with E-state index in [1.807, 2.05) is 25.1 Å². The Morgan fingerprint density at radius 2 is 1.91 bits per heavy atom. The fourth-order valence-corrected chi connectivity index (χ4v) is 2.31. The molecule has 0 fully saturated rings. The highest BCUT2D eigenvalue weighted by Gasteiger charge is 2.10. The lowest BCUT2D eigenvalue weighted by atomic mass is 10.3. The van der Waals surface area contributed by atoms with Crippen LogP contribution < -0.4 is 10.6 Å². The minimum absolute atomic E-state index is 0.0223. The number of benzene rings is 1. The normalized spacial score (nSPS) is 10.5. The van der Waals surface area contributed by atoms with Crippen molar-refractivity contribution >= 4 is 33.4 Å². The molecule has 2 N–H and O–H groups in total. The third-order valence-corrected chi connectivity index (χ3v) is 3.93. The van der Waals surface area contributed by atoms with Gasteiger partial charge in [-0.2, -0.15) is 0 Å². The Kier molecular flexibility index (Phi) is 8.77. The summed E-state index contributed by atoms with van der Waals surface area (Å²) in [5.74, 6) is -0.364. The Morgan fingerprint density at radius 1 is 1.18 bits per heavy atom. The van der Waals surface area contributed by atoms with Crippen molar-refractivity contribution in [2.24, 2.45) is 0 Å². The zero-order chi connectivity index (χ0) is 16.4. The second kappa shape index (κ2) is 10.3. The van der Waals surface area contributed by atoms with Crippen LogP contribution in [0.2, 0.25) is 0 Å². The maximum Gasteiger partial charge on any atom is 0.243 e. The van der Waals surface area contributed by atoms with Gasteiger partial charge in [0.1, 0.15) is 0 Å². The molecule has 0 saturated carbocycles. The fraction of sp³-hybridized carbons (Fsp3) is 0.500. The standard InChI is InChI=1S/C16H24BrN3O2/c1-3-5-10-20(4-2)12-16(22)18-11-15(21)19-14-9-7-6-8-13(14)17/h6-9H,3-5,10-12H2,1-2H3,(H,18,22)(H,19,21). The molecule has 1 aromatic rings. The second-order valence-electron chi connectivity index (χ2n) is 5.03. The molecule has 1 aromatic carbocycles. The van der Waals surface area contributed by atoms with Crippen LogP contribution in [0, 0.1) is 0 Å². The number of amides is 2. The number of nitrogens with zero attached hydrogens (tertiary/aromatic N) is 1. The van der Waals surface area contributed by atoms with Gasteiger partial charge in [0.05, 0.1) is 18.8 Å². The zero-order valence-corrected chi connectivity index (χ0v) is 14.8. The van der Waals surface area contributed by atoms with Crippen LogP contribution in [0.15, 0.2) is 28.7 Å². The van der Waals surface area contributed by atoms with Crippen LogP contribution in [0.5, 0.6) is 0 Å². The fourth-order valence-electron chi connectivity index (χ4n) is 1.93. The SMILES string of the molecule is CCCCN(CC)CC(=O)NCC(=O)Nc1ccccc1Br. The lowest BCUT2D eigenvalue weighted by Crippen LogP contribution is -2.40. The second-order valence-corrected chi connectivity index (χ2v) is 5.88. The van der Waals surface area contributed by atoms with E-state index in [1.165, 1.54) is 0 Å². The van der Waals surface area contributed by atoms with Crippen LogP contribution in [0.4, 0.5) is 5.69 Å². The van der Waals surface area contributed by atoms with E-state index in [0.717, 1.165) is 30.4 Å². The number of carbonyl (C=O) groups is 2. The first-order valence-electron chi connectivity index (χ1n) is 7.60. The maximum absolute atomic E-state index is 11.9. The summed E-state index contributed by atoms with van der Waals surface area (Å²) in [7, 11) is 0. The van der Waals surface area contributed by atoms with Gasteiger partial charge in [0.15, 0.2) is 0 Å². The Bertz CT molecular complexity index is 494. The molecule has 0 aliphatic carbocycles. The summed E-state index contributed by atoms with van der Waals surface area (Å²) >= 11 is 3.36. The zero-order valence-electron chi connectivity index (χ0n) is 13.2. The summed E-state index contributed by atoms with van der Waals surface area (Å²) in [6.45, 7) is 6.20. The summed E-state index contributed by atoms with van der Waals surface area (Å²) in [6.07, 6.45) is 2.18. The quantitative estimate of drug-likeness (QED) is 0.703. The van der Waals surface area contributed by atoms with Crippen molar-refractivity contribution in [3.05, 3.63) is 28.7 Å². The monoisotopic (exact) mass is 369 g/mol. The Labute approximate surface area is 140 Å². The predicted molar refractivity (Wildman–Crippen MR) is 92.8 cm³/mol. The van der Waals surface area contributed by atoms with Crippen LogP contribution in [-0.2, 0) is 9.59 Å². The number of nitrogens with one attached hydrogen (secondary N) is 2. The van der Waals surface area contributed by atoms with Crippen molar-refractivity contribution in [3.8, 4) is 0 Å². The molecule has 2 amide bonds. The van der Waals surface area contributed by atoms with Crippen molar-refractivity contribution in [1.29, 1.82) is 0 Å². The number of carbonyl (C=O) groups excluding carboxylic acids is 2. The van der Waals surface area contributed by atoms with E-state index in [-0.39, 0.29) is 18.4 Å². The van der Waals surface area contributed by atoms with Gasteiger partial charge in [0.2, 0.25) is 11.8 Å². The number of halogens is 1. The van der Waals surface area contributed by atoms with E-state index in [1.54, 1.807) is 6.07 Å². The first kappa shape index (κ1) is 18.6. The molecular weight excluding hydrogens is 346 g/mol. The van der Waals surface area contributed by atoms with Crippen molar-refractivity contribution in [1.82, 2.24) is 10.2 Å². The van der Waals surface area contributed by atoms with Gasteiger partial charge in [-0.15, -0.1) is 0 Å². The Morgan fingerprint density at radius 3 is 2.55 bits per heavy atom. The van der Waals surface area contributed by atoms with E-state index in [9.17, 15) is 9.59 Å². The summed E-state index contributed by atoms with van der Waals surface area (Å²) in [5, 5.41) is 5.41. The average molecular weight is 370 g/mol. The molecular formula is C16H24BrN3O2. The number of rotatable bonds is 9. The van der Waals surface area contributed by atoms with Crippen molar-refractivity contribution in [2.45, 2.75) is 26.7 Å². The minimum atomic E-state index is -0.239. The first-order valence-corrected chi connectivity index (χ1v) is 8.39. The van der Waals surface area contributed by atoms with Crippen LogP contribution >= 0.6 is 15.9 Å². The minimum Gasteiger partial charge on any atom is -0.346 e. The van der Waals surface area contributed by atoms with Gasteiger partial charge in [-0.3, -0.25) is 14.5 Å². The molecule has 5 nitrogen and oxygen atoms in total. The highest BCUT2D eigenvalue weighted by atomic mass is 79.9. The maximum atomic E-state index is 11.9. The van der Waals surface area contributed by atoms with E-state index >= 15 is 0 Å². The van der Waals surface area contributed by atoms with E-state index < -0.39 is 0 Å². The Hall–Kier alpha value is -1.40. The third kappa shape index (κ3) is 7.04. The number of likely N-dealkylation sites (N-methyl/N-ethyl adjacent to an activating group) is 1. The van der Waals surface area contributed by atoms with E-state index in [2.05, 4.69) is 38.4 Å². The van der Waals surface area contributed by atoms with Gasteiger partial charge in [-0.1, -0.05) is 32.4 Å². The molecule has 22 heavy (non-hydrogen) atoms. The first-order chi connectivity index (χ1) is 10.6. The molecule has 1 rings (SSSR count). The smallest absolute Gasteiger partial charge is 0.243 e. The summed E-state index contributed by atoms with van der Waals surface area (Å²) in [4.78, 5) is 25.8. The number of hydrogen-bond donors (Lipinski definition) is 2. The predicted octanol–water partition coefficient (Wildman–Crippen LogP) is 2.63. The van der Waals surface area contributed by atoms with E-state index in [4.69, 9.17) is 0 Å². The summed E-state index contributed by atoms with van der Waals surface area (Å²) < 4.78 is 0.811. The largest absolute Gasteiger partial charge is 0.346 e. The molecule has 0 aliphatic heterocycles. The van der Waals surface area contributed by atoms with Gasteiger partial charge in [-0.25, -0.2) is 0 Å². The van der Waals surface area contributed by atoms with Crippen LogP contribution in [-0.4, -0.2) is 42.9 Å². The van der Waals surface area contributed by atoms with Crippen LogP contribution in [0.3, 0.4) is 0 Å². The molecule has 0 aromatic heterocycles. The van der Waals surface area contributed by atoms with Gasteiger partial charge >= 0.3 is 0 Å². The van der Waals surface area contributed by atoms with Crippen LogP contribution in [0.1, 0.15) is 26.7 Å². The van der Waals surface area contributed by atoms with Crippen molar-refractivity contribution in [3.63, 3.8) is 0 Å². The van der Waals surface area contributed by atoms with Gasteiger partial charge in [0.25, 0.3) is 0 Å². The number of hydrogen-bond acceptors (Lipinski definition) is 3. The summed E-state index contributed by atoms with van der Waals surface area (Å²) in [5.41, 5.74) is 0.694. The Balaban J connectivity index is 2.34. The lowest BCUT2D eigenvalue weighted by Gasteiger charge is -2.19. The van der Waals surface area contributed by atoms with Crippen LogP contribution in [0.25, 0.3) is 0 Å². The number of anilines is 1. The highest BCUT2D eigenvalue weighted by Crippen LogP contribution is 2.20. The van der Waals surface area contributed by atoms with Crippen molar-refractivity contribution in [2.75, 3.05) is 31.5 Å². The van der Waals surface area contributed by atoms with E-state index in [0.29, 0.717) is 12.2 Å². The topological polar surface area (TPSA) is 61.4 Å².